The van der Waals surface area contributed by atoms with Crippen LogP contribution >= 0.6 is 11.3 Å². The predicted molar refractivity (Wildman–Crippen MR) is 67.9 cm³/mol. The highest BCUT2D eigenvalue weighted by Crippen LogP contribution is 2.07. The number of ether oxygens (including phenoxy) is 1. The Kier molecular flexibility index (Phi) is 6.82. The van der Waals surface area contributed by atoms with Crippen LogP contribution in [0.5, 0.6) is 0 Å². The number of aliphatic carboxylic acids is 1. The van der Waals surface area contributed by atoms with E-state index in [4.69, 9.17) is 9.84 Å². The summed E-state index contributed by atoms with van der Waals surface area (Å²) >= 11 is 1.65. The zero-order valence-electron chi connectivity index (χ0n) is 9.85. The number of carboxylic acid groups (broad SMARTS) is 1. The zero-order valence-corrected chi connectivity index (χ0v) is 10.7. The average molecular weight is 272 g/mol. The van der Waals surface area contributed by atoms with E-state index in [-0.39, 0.29) is 25.8 Å². The SMILES string of the molecule is O=C(O)COCCNC(=O)NCCc1cccs1. The summed E-state index contributed by atoms with van der Waals surface area (Å²) < 4.78 is 4.77. The molecule has 0 saturated carbocycles. The predicted octanol–water partition coefficient (Wildman–Crippen LogP) is 0.691. The highest BCUT2D eigenvalue weighted by molar-refractivity contribution is 7.09. The van der Waals surface area contributed by atoms with Gasteiger partial charge in [-0.15, -0.1) is 11.3 Å². The van der Waals surface area contributed by atoms with Gasteiger partial charge in [0.25, 0.3) is 0 Å². The minimum absolute atomic E-state index is 0.185. The van der Waals surface area contributed by atoms with Crippen LogP contribution in [0.25, 0.3) is 0 Å². The van der Waals surface area contributed by atoms with Crippen LogP contribution in [0.2, 0.25) is 0 Å². The molecule has 0 aromatic carbocycles. The molecule has 0 aliphatic carbocycles. The Bertz CT molecular complexity index is 367. The molecule has 2 amide bonds. The summed E-state index contributed by atoms with van der Waals surface area (Å²) in [6.45, 7) is 0.701. The first kappa shape index (κ1) is 14.5. The lowest BCUT2D eigenvalue weighted by atomic mass is 10.3. The van der Waals surface area contributed by atoms with Crippen LogP contribution in [0.4, 0.5) is 4.79 Å². The van der Waals surface area contributed by atoms with Crippen molar-refractivity contribution in [2.45, 2.75) is 6.42 Å². The van der Waals surface area contributed by atoms with E-state index < -0.39 is 5.97 Å². The monoisotopic (exact) mass is 272 g/mol. The van der Waals surface area contributed by atoms with E-state index >= 15 is 0 Å². The fourth-order valence-corrected chi connectivity index (χ4v) is 1.92. The van der Waals surface area contributed by atoms with Crippen LogP contribution in [-0.2, 0) is 16.0 Å². The lowest BCUT2D eigenvalue weighted by Gasteiger charge is -2.06. The van der Waals surface area contributed by atoms with E-state index in [9.17, 15) is 9.59 Å². The molecule has 1 aromatic heterocycles. The van der Waals surface area contributed by atoms with Crippen molar-refractivity contribution < 1.29 is 19.4 Å². The van der Waals surface area contributed by atoms with Gasteiger partial charge in [-0.2, -0.15) is 0 Å². The number of carbonyl (C=O) groups is 2. The number of hydrogen-bond acceptors (Lipinski definition) is 4. The van der Waals surface area contributed by atoms with Crippen molar-refractivity contribution in [1.29, 1.82) is 0 Å². The Morgan fingerprint density at radius 3 is 2.78 bits per heavy atom. The smallest absolute Gasteiger partial charge is 0.329 e. The summed E-state index contributed by atoms with van der Waals surface area (Å²) in [6.07, 6.45) is 0.806. The van der Waals surface area contributed by atoms with Gasteiger partial charge in [0, 0.05) is 18.0 Å². The molecule has 0 radical (unpaired) electrons. The maximum atomic E-state index is 11.3. The second kappa shape index (κ2) is 8.48. The number of rotatable bonds is 8. The topological polar surface area (TPSA) is 87.7 Å². The highest BCUT2D eigenvalue weighted by atomic mass is 32.1. The first-order valence-corrected chi connectivity index (χ1v) is 6.40. The molecule has 0 atom stereocenters. The van der Waals surface area contributed by atoms with Crippen molar-refractivity contribution in [3.63, 3.8) is 0 Å². The maximum Gasteiger partial charge on any atom is 0.329 e. The summed E-state index contributed by atoms with van der Waals surface area (Å²) in [5.74, 6) is -1.02. The molecular weight excluding hydrogens is 256 g/mol. The van der Waals surface area contributed by atoms with Crippen molar-refractivity contribution in [1.82, 2.24) is 10.6 Å². The zero-order chi connectivity index (χ0) is 13.2. The van der Waals surface area contributed by atoms with Crippen molar-refractivity contribution in [2.24, 2.45) is 0 Å². The number of thiophene rings is 1. The first-order chi connectivity index (χ1) is 8.68. The van der Waals surface area contributed by atoms with Gasteiger partial charge in [0.05, 0.1) is 6.61 Å². The number of amides is 2. The number of carboxylic acids is 1. The van der Waals surface area contributed by atoms with E-state index in [1.54, 1.807) is 11.3 Å². The summed E-state index contributed by atoms with van der Waals surface area (Å²) in [4.78, 5) is 22.6. The van der Waals surface area contributed by atoms with Crippen LogP contribution in [0.1, 0.15) is 4.88 Å². The normalized spacial score (nSPS) is 10.0. The van der Waals surface area contributed by atoms with E-state index in [0.717, 1.165) is 6.42 Å². The molecule has 0 aliphatic rings. The molecule has 1 aromatic rings. The minimum Gasteiger partial charge on any atom is -0.480 e. The van der Waals surface area contributed by atoms with Crippen LogP contribution in [0, 0.1) is 0 Å². The van der Waals surface area contributed by atoms with Gasteiger partial charge in [-0.3, -0.25) is 0 Å². The highest BCUT2D eigenvalue weighted by Gasteiger charge is 2.00. The molecule has 1 rings (SSSR count). The van der Waals surface area contributed by atoms with Crippen LogP contribution in [0.15, 0.2) is 17.5 Å². The first-order valence-electron chi connectivity index (χ1n) is 5.52. The average Bonchev–Trinajstić information content (AvgIpc) is 2.81. The van der Waals surface area contributed by atoms with Crippen LogP contribution in [-0.4, -0.2) is 43.4 Å². The largest absolute Gasteiger partial charge is 0.480 e. The lowest BCUT2D eigenvalue weighted by molar-refractivity contribution is -0.142. The van der Waals surface area contributed by atoms with Crippen molar-refractivity contribution in [2.75, 3.05) is 26.3 Å². The fraction of sp³-hybridized carbons (Fsp3) is 0.455. The third kappa shape index (κ3) is 6.87. The summed E-state index contributed by atoms with van der Waals surface area (Å²) in [7, 11) is 0. The molecule has 18 heavy (non-hydrogen) atoms. The molecule has 0 saturated heterocycles. The molecule has 7 heteroatoms. The summed E-state index contributed by atoms with van der Waals surface area (Å²) in [6, 6.07) is 3.72. The Morgan fingerprint density at radius 1 is 1.33 bits per heavy atom. The third-order valence-electron chi connectivity index (χ3n) is 1.99. The van der Waals surface area contributed by atoms with E-state index in [1.165, 1.54) is 4.88 Å². The third-order valence-corrected chi connectivity index (χ3v) is 2.93. The quantitative estimate of drug-likeness (QED) is 0.608. The second-order valence-corrected chi connectivity index (χ2v) is 4.49. The molecule has 0 aliphatic heterocycles. The molecule has 0 spiro atoms. The van der Waals surface area contributed by atoms with Gasteiger partial charge in [0.15, 0.2) is 0 Å². The Morgan fingerprint density at radius 2 is 2.11 bits per heavy atom. The molecule has 1 heterocycles. The second-order valence-electron chi connectivity index (χ2n) is 3.46. The molecule has 3 N–H and O–H groups in total. The minimum atomic E-state index is -1.02. The number of carbonyl (C=O) groups excluding carboxylic acids is 1. The molecular formula is C11H16N2O4S. The Hall–Kier alpha value is -1.60. The van der Waals surface area contributed by atoms with Crippen molar-refractivity contribution >= 4 is 23.3 Å². The van der Waals surface area contributed by atoms with Gasteiger partial charge in [-0.1, -0.05) is 6.07 Å². The fourth-order valence-electron chi connectivity index (χ4n) is 1.21. The molecule has 100 valence electrons. The van der Waals surface area contributed by atoms with Gasteiger partial charge in [0.1, 0.15) is 6.61 Å². The van der Waals surface area contributed by atoms with E-state index in [2.05, 4.69) is 10.6 Å². The van der Waals surface area contributed by atoms with Crippen LogP contribution in [0.3, 0.4) is 0 Å². The Balaban J connectivity index is 1.95. The standard InChI is InChI=1S/C11H16N2O4S/c14-10(15)8-17-6-5-13-11(16)12-4-3-9-2-1-7-18-9/h1-2,7H,3-6,8H2,(H,14,15)(H2,12,13,16). The lowest BCUT2D eigenvalue weighted by Crippen LogP contribution is -2.38. The molecule has 0 bridgehead atoms. The molecule has 0 fully saturated rings. The van der Waals surface area contributed by atoms with Gasteiger partial charge in [-0.05, 0) is 17.9 Å². The number of nitrogens with one attached hydrogen (secondary N) is 2. The summed E-state index contributed by atoms with van der Waals surface area (Å²) in [5, 5.41) is 15.6. The number of hydrogen-bond donors (Lipinski definition) is 3. The van der Waals surface area contributed by atoms with Gasteiger partial charge >= 0.3 is 12.0 Å². The maximum absolute atomic E-state index is 11.3. The van der Waals surface area contributed by atoms with Crippen molar-refractivity contribution in [3.05, 3.63) is 22.4 Å². The Labute approximate surface area is 109 Å². The number of urea groups is 1. The molecule has 6 nitrogen and oxygen atoms in total. The summed E-state index contributed by atoms with van der Waals surface area (Å²) in [5.41, 5.74) is 0. The van der Waals surface area contributed by atoms with E-state index in [0.29, 0.717) is 6.54 Å². The van der Waals surface area contributed by atoms with E-state index in [1.807, 2.05) is 17.5 Å². The van der Waals surface area contributed by atoms with Crippen LogP contribution < -0.4 is 10.6 Å². The van der Waals surface area contributed by atoms with Gasteiger partial charge in [0.2, 0.25) is 0 Å². The molecule has 0 unspecified atom stereocenters. The van der Waals surface area contributed by atoms with Gasteiger partial charge in [-0.25, -0.2) is 9.59 Å². The van der Waals surface area contributed by atoms with Crippen molar-refractivity contribution in [3.8, 4) is 0 Å². The van der Waals surface area contributed by atoms with Gasteiger partial charge < -0.3 is 20.5 Å².